The molecule has 0 radical (unpaired) electrons. The Morgan fingerprint density at radius 1 is 0.295 bits per heavy atom. The summed E-state index contributed by atoms with van der Waals surface area (Å²) < 4.78 is 0. The lowest BCUT2D eigenvalue weighted by Gasteiger charge is -2.47. The molecule has 0 spiro atoms. The van der Waals surface area contributed by atoms with Gasteiger partial charge in [0.15, 0.2) is 0 Å². The van der Waals surface area contributed by atoms with Gasteiger partial charge in [0.25, 0.3) is 0 Å². The van der Waals surface area contributed by atoms with Gasteiger partial charge in [-0.3, -0.25) is 0 Å². The van der Waals surface area contributed by atoms with Gasteiger partial charge in [0.05, 0.1) is 0 Å². The summed E-state index contributed by atoms with van der Waals surface area (Å²) in [6, 6.07) is 0. The molecule has 0 heterocycles. The van der Waals surface area contributed by atoms with Crippen LogP contribution in [-0.2, 0) is 0 Å². The summed E-state index contributed by atoms with van der Waals surface area (Å²) in [5.74, 6) is 18.5. The smallest absolute Gasteiger partial charge is 0.0295 e. The maximum absolute atomic E-state index is 2.49. The van der Waals surface area contributed by atoms with E-state index in [4.69, 9.17) is 0 Å². The molecule has 0 saturated heterocycles. The lowest BCUT2D eigenvalue weighted by atomic mass is 9.58. The van der Waals surface area contributed by atoms with Crippen molar-refractivity contribution >= 4 is 0 Å². The summed E-state index contributed by atoms with van der Waals surface area (Å²) in [6.07, 6.45) is 59.4. The molecule has 13 aliphatic carbocycles. The summed E-state index contributed by atoms with van der Waals surface area (Å²) in [4.78, 5) is 0. The molecule has 0 aromatic rings. The lowest BCUT2D eigenvalue weighted by molar-refractivity contribution is 0.0286. The van der Waals surface area contributed by atoms with E-state index in [0.29, 0.717) is 21.7 Å². The van der Waals surface area contributed by atoms with Crippen LogP contribution in [0.25, 0.3) is 0 Å². The standard InChI is InChI=1S/C11H22.C10H18.C9H16.3C9H18.C8H14.2C8H16.C7H14/c1-9-10(2,3)7-6-8-11(9,4)5;1-7-8(2)10(3)5-4-9(7)6-10;1-7-5-8-3-4-9(7,2)6-8;1-8-4-6-9(2,3)7-5-8;1-8-6-4-5-7-9(8,2)3;1-7-5-4-6-8(2)9(7)3;1-6-4-7-2-3-8(6)5-7;1-7-5-3-4-6-8(7)2;1-2-8-6-4-3-5-7-8;1-2-7-5-3-4-6-7/h9H,6-8H2,1-5H3;7-9H,4-6H2,1-3H3;7-8H,3-6H2,1-2H3;2*8H,4-7H2,1-3H3;7-9H,4-6H2,1-3H3;6-8H,2-5H2,1H3;7-8H,3-6H2,1-2H3;8H,2-7H2,1H3;7H,2-6H2,1H3/t;7?,8-,9?,10?;7-,8?,9?;;8-;;6-,7?,8?;7-,8?;;/m.00.1.01../s1. The highest BCUT2D eigenvalue weighted by Crippen LogP contribution is 2.60. The predicted molar refractivity (Wildman–Crippen MR) is 398 cm³/mol. The van der Waals surface area contributed by atoms with Crippen LogP contribution < -0.4 is 0 Å². The van der Waals surface area contributed by atoms with Crippen LogP contribution in [0.1, 0.15) is 423 Å². The number of rotatable bonds is 2. The molecule has 0 aliphatic heterocycles. The highest BCUT2D eigenvalue weighted by Gasteiger charge is 2.51. The fourth-order valence-electron chi connectivity index (χ4n) is 20.7. The molecule has 88 heavy (non-hydrogen) atoms. The molecule has 0 N–H and O–H groups in total. The lowest BCUT2D eigenvalue weighted by Crippen LogP contribution is -2.38. The van der Waals surface area contributed by atoms with Gasteiger partial charge in [-0.1, -0.05) is 327 Å². The third-order valence-electron chi connectivity index (χ3n) is 31.0. The maximum Gasteiger partial charge on any atom is -0.0295 e. The van der Waals surface area contributed by atoms with Crippen LogP contribution in [0.3, 0.4) is 0 Å². The van der Waals surface area contributed by atoms with Gasteiger partial charge < -0.3 is 0 Å². The zero-order valence-corrected chi connectivity index (χ0v) is 65.7. The molecule has 0 amide bonds. The number of fused-ring (bicyclic) bond motifs is 6. The second-order valence-corrected chi connectivity index (χ2v) is 39.3. The fourth-order valence-corrected chi connectivity index (χ4v) is 20.7. The average molecular weight is 1230 g/mol. The van der Waals surface area contributed by atoms with Crippen LogP contribution >= 0.6 is 0 Å². The van der Waals surface area contributed by atoms with Crippen molar-refractivity contribution in [2.45, 2.75) is 423 Å². The first-order valence-electron chi connectivity index (χ1n) is 41.2. The van der Waals surface area contributed by atoms with Crippen molar-refractivity contribution in [3.05, 3.63) is 0 Å². The Morgan fingerprint density at radius 3 is 1.06 bits per heavy atom. The molecule has 522 valence electrons. The molecular weight excluding hydrogens is 1060 g/mol. The van der Waals surface area contributed by atoms with Crippen molar-refractivity contribution in [1.82, 2.24) is 0 Å². The zero-order chi connectivity index (χ0) is 65.7. The topological polar surface area (TPSA) is 0 Å². The Kier molecular flexibility index (Phi) is 34.8. The van der Waals surface area contributed by atoms with Crippen molar-refractivity contribution in [2.75, 3.05) is 0 Å². The first-order chi connectivity index (χ1) is 41.2. The summed E-state index contributed by atoms with van der Waals surface area (Å²) in [5, 5.41) is 0. The Hall–Kier alpha value is 0. The summed E-state index contributed by atoms with van der Waals surface area (Å²) in [7, 11) is 0. The molecule has 13 fully saturated rings. The van der Waals surface area contributed by atoms with Crippen LogP contribution in [0.5, 0.6) is 0 Å². The Bertz CT molecular complexity index is 1750. The van der Waals surface area contributed by atoms with Crippen molar-refractivity contribution in [3.63, 3.8) is 0 Å². The molecule has 15 atom stereocenters. The van der Waals surface area contributed by atoms with Gasteiger partial charge in [0, 0.05) is 0 Å². The summed E-state index contributed by atoms with van der Waals surface area (Å²) in [5.41, 5.74) is 3.95. The number of hydrogen-bond donors (Lipinski definition) is 0. The molecule has 13 saturated carbocycles. The minimum atomic E-state index is 0.571. The maximum atomic E-state index is 2.49. The van der Waals surface area contributed by atoms with E-state index < -0.39 is 0 Å². The largest absolute Gasteiger partial charge is 0.0651 e. The molecule has 10 unspecified atom stereocenters. The highest BCUT2D eigenvalue weighted by atomic mass is 14.6. The second-order valence-electron chi connectivity index (χ2n) is 39.3. The molecule has 0 aromatic carbocycles. The minimum Gasteiger partial charge on any atom is -0.0651 e. The highest BCUT2D eigenvalue weighted by molar-refractivity contribution is 5.01. The molecular formula is C88H170. The van der Waals surface area contributed by atoms with Crippen molar-refractivity contribution < 1.29 is 0 Å². The van der Waals surface area contributed by atoms with Crippen LogP contribution in [0.4, 0.5) is 0 Å². The van der Waals surface area contributed by atoms with Gasteiger partial charge in [-0.05, 0) is 235 Å². The van der Waals surface area contributed by atoms with E-state index in [2.05, 4.69) is 166 Å². The third kappa shape index (κ3) is 26.5. The van der Waals surface area contributed by atoms with E-state index in [-0.39, 0.29) is 0 Å². The van der Waals surface area contributed by atoms with E-state index in [9.17, 15) is 0 Å². The Morgan fingerprint density at radius 2 is 0.773 bits per heavy atom. The van der Waals surface area contributed by atoms with Gasteiger partial charge in [0.1, 0.15) is 0 Å². The van der Waals surface area contributed by atoms with E-state index in [1.54, 1.807) is 25.7 Å². The van der Waals surface area contributed by atoms with Gasteiger partial charge in [0.2, 0.25) is 0 Å². The SMILES string of the molecule is CC1C(C)(C)CCCC1(C)C.CC1C2CCC(C)(C2)[C@H]1C.CC1CCC(C)(C)CC1.CC1CCCC(C)C1C.CC1CCCC[C@H]1C.CCC1CCCC1.CCC1CCCCC1.C[C@@H]1CCCCC1(C)C.C[C@H]1CC2CCC1(C)C2.C[C@H]1CC2CCC1C2. The predicted octanol–water partition coefficient (Wildman–Crippen LogP) is 30.1. The number of hydrogen-bond acceptors (Lipinski definition) is 0. The normalized spacial score (nSPS) is 39.8. The first kappa shape index (κ1) is 80.4. The van der Waals surface area contributed by atoms with Gasteiger partial charge in [-0.15, -0.1) is 0 Å². The van der Waals surface area contributed by atoms with Gasteiger partial charge >= 0.3 is 0 Å². The molecule has 13 aliphatic rings. The van der Waals surface area contributed by atoms with Crippen LogP contribution in [-0.4, -0.2) is 0 Å². The Balaban J connectivity index is 0.000000210. The van der Waals surface area contributed by atoms with Gasteiger partial charge in [-0.25, -0.2) is 0 Å². The van der Waals surface area contributed by atoms with Crippen LogP contribution in [0, 0.1) is 139 Å². The minimum absolute atomic E-state index is 0.571. The summed E-state index contributed by atoms with van der Waals surface area (Å²) in [6.45, 7) is 57.7. The van der Waals surface area contributed by atoms with E-state index in [1.807, 2.05) is 0 Å². The van der Waals surface area contributed by atoms with Crippen molar-refractivity contribution in [1.29, 1.82) is 0 Å². The monoisotopic (exact) mass is 1230 g/mol. The van der Waals surface area contributed by atoms with Gasteiger partial charge in [-0.2, -0.15) is 0 Å². The second kappa shape index (κ2) is 38.1. The molecule has 0 aromatic heterocycles. The molecule has 0 heteroatoms. The van der Waals surface area contributed by atoms with E-state index in [0.717, 1.165) is 117 Å². The fraction of sp³-hybridized carbons (Fsp3) is 1.00. The summed E-state index contributed by atoms with van der Waals surface area (Å²) >= 11 is 0. The van der Waals surface area contributed by atoms with Crippen LogP contribution in [0.2, 0.25) is 0 Å². The van der Waals surface area contributed by atoms with Crippen LogP contribution in [0.15, 0.2) is 0 Å². The Labute approximate surface area is 558 Å². The third-order valence-corrected chi connectivity index (χ3v) is 31.0. The quantitative estimate of drug-likeness (QED) is 0.259. The van der Waals surface area contributed by atoms with E-state index >= 15 is 0 Å². The first-order valence-corrected chi connectivity index (χ1v) is 41.2. The molecule has 6 bridgehead atoms. The van der Waals surface area contributed by atoms with Crippen molar-refractivity contribution in [2.24, 2.45) is 139 Å². The zero-order valence-electron chi connectivity index (χ0n) is 65.7. The molecule has 13 rings (SSSR count). The van der Waals surface area contributed by atoms with E-state index in [1.165, 1.54) is 231 Å². The molecule has 0 nitrogen and oxygen atoms in total. The van der Waals surface area contributed by atoms with Crippen molar-refractivity contribution in [3.8, 4) is 0 Å². The average Bonchev–Trinajstić information content (AvgIpc) is 4.38.